The number of rotatable bonds is 5. The van der Waals surface area contributed by atoms with Gasteiger partial charge in [-0.1, -0.05) is 0 Å². The Hall–Kier alpha value is -1.93. The van der Waals surface area contributed by atoms with Gasteiger partial charge in [0, 0.05) is 37.6 Å². The molecule has 1 saturated carbocycles. The number of halogens is 1. The predicted molar refractivity (Wildman–Crippen MR) is 119 cm³/mol. The molecule has 4 rings (SSSR count). The van der Waals surface area contributed by atoms with Crippen LogP contribution in [-0.2, 0) is 4.74 Å². The average Bonchev–Trinajstić information content (AvgIpc) is 3.05. The van der Waals surface area contributed by atoms with E-state index in [1.54, 1.807) is 6.07 Å². The van der Waals surface area contributed by atoms with Gasteiger partial charge in [0.1, 0.15) is 17.2 Å². The molecule has 2 fully saturated rings. The first-order valence-corrected chi connectivity index (χ1v) is 11.6. The largest absolute Gasteiger partial charge is 0.444 e. The number of carbonyl (C=O) groups is 1. The van der Waals surface area contributed by atoms with Crippen LogP contribution < -0.4 is 10.2 Å². The van der Waals surface area contributed by atoms with E-state index in [9.17, 15) is 9.18 Å². The first-order chi connectivity index (χ1) is 14.3. The van der Waals surface area contributed by atoms with E-state index in [-0.39, 0.29) is 18.0 Å². The highest BCUT2D eigenvalue weighted by Gasteiger charge is 2.32. The summed E-state index contributed by atoms with van der Waals surface area (Å²) in [5, 5.41) is 4.02. The summed E-state index contributed by atoms with van der Waals surface area (Å²) in [4.78, 5) is 16.7. The Labute approximate surface area is 181 Å². The number of alkyl carbamates (subject to hydrolysis) is 1. The summed E-state index contributed by atoms with van der Waals surface area (Å²) in [6.45, 7) is 10.7. The van der Waals surface area contributed by atoms with E-state index in [1.807, 2.05) is 26.8 Å². The number of amides is 1. The number of fused-ring (bicyclic) bond motifs is 1. The predicted octanol–water partition coefficient (Wildman–Crippen LogP) is 4.25. The number of anilines is 1. The van der Waals surface area contributed by atoms with Gasteiger partial charge >= 0.3 is 6.09 Å². The molecule has 1 aromatic heterocycles. The zero-order valence-electron chi connectivity index (χ0n) is 18.0. The third kappa shape index (κ3) is 5.21. The van der Waals surface area contributed by atoms with Crippen LogP contribution in [-0.4, -0.2) is 59.7 Å². The maximum absolute atomic E-state index is 13.4. The SMILES string of the molecule is CC(C)(C)OC(=O)NC1CC(CCN2CCN(c3nsc4cc(F)ccc34)CC2)C1. The van der Waals surface area contributed by atoms with Gasteiger partial charge in [0.2, 0.25) is 0 Å². The van der Waals surface area contributed by atoms with Crippen molar-refractivity contribution in [1.29, 1.82) is 0 Å². The number of carbonyl (C=O) groups excluding carboxylic acids is 1. The van der Waals surface area contributed by atoms with E-state index in [2.05, 4.69) is 19.5 Å². The van der Waals surface area contributed by atoms with Crippen molar-refractivity contribution in [1.82, 2.24) is 14.6 Å². The summed E-state index contributed by atoms with van der Waals surface area (Å²) < 4.78 is 24.2. The molecule has 1 aliphatic carbocycles. The molecule has 1 N–H and O–H groups in total. The number of piperazine rings is 1. The van der Waals surface area contributed by atoms with Gasteiger partial charge in [0.25, 0.3) is 0 Å². The minimum atomic E-state index is -0.448. The maximum atomic E-state index is 13.4. The second kappa shape index (κ2) is 8.67. The second-order valence-corrected chi connectivity index (χ2v) is 10.2. The third-order valence-corrected chi connectivity index (χ3v) is 6.70. The zero-order chi connectivity index (χ0) is 21.3. The molecule has 0 spiro atoms. The number of nitrogens with one attached hydrogen (secondary N) is 1. The molecule has 30 heavy (non-hydrogen) atoms. The van der Waals surface area contributed by atoms with E-state index in [4.69, 9.17) is 4.74 Å². The lowest BCUT2D eigenvalue weighted by Gasteiger charge is -2.39. The van der Waals surface area contributed by atoms with Crippen LogP contribution in [0.3, 0.4) is 0 Å². The highest BCUT2D eigenvalue weighted by molar-refractivity contribution is 7.13. The van der Waals surface area contributed by atoms with Crippen LogP contribution in [0.2, 0.25) is 0 Å². The molecule has 1 saturated heterocycles. The van der Waals surface area contributed by atoms with Crippen LogP contribution in [0.25, 0.3) is 10.1 Å². The van der Waals surface area contributed by atoms with Crippen molar-refractivity contribution in [3.63, 3.8) is 0 Å². The quantitative estimate of drug-likeness (QED) is 0.762. The molecule has 164 valence electrons. The Balaban J connectivity index is 1.16. The fraction of sp³-hybridized carbons (Fsp3) is 0.636. The Morgan fingerprint density at radius 2 is 2.00 bits per heavy atom. The van der Waals surface area contributed by atoms with Gasteiger partial charge in [-0.05, 0) is 82.2 Å². The monoisotopic (exact) mass is 434 g/mol. The van der Waals surface area contributed by atoms with Crippen LogP contribution in [0.5, 0.6) is 0 Å². The smallest absolute Gasteiger partial charge is 0.407 e. The molecule has 1 aliphatic heterocycles. The molecule has 0 unspecified atom stereocenters. The third-order valence-electron chi connectivity index (χ3n) is 5.90. The highest BCUT2D eigenvalue weighted by atomic mass is 32.1. The molecule has 2 aromatic rings. The van der Waals surface area contributed by atoms with Crippen molar-refractivity contribution in [2.75, 3.05) is 37.6 Å². The molecule has 2 aliphatic rings. The number of hydrogen-bond donors (Lipinski definition) is 1. The van der Waals surface area contributed by atoms with E-state index < -0.39 is 5.60 Å². The minimum absolute atomic E-state index is 0.206. The minimum Gasteiger partial charge on any atom is -0.444 e. The fourth-order valence-corrected chi connectivity index (χ4v) is 5.06. The molecule has 0 radical (unpaired) electrons. The van der Waals surface area contributed by atoms with Crippen LogP contribution in [0.15, 0.2) is 18.2 Å². The molecule has 6 nitrogen and oxygen atoms in total. The zero-order valence-corrected chi connectivity index (χ0v) is 18.8. The average molecular weight is 435 g/mol. The van der Waals surface area contributed by atoms with Gasteiger partial charge in [-0.25, -0.2) is 9.18 Å². The van der Waals surface area contributed by atoms with Crippen molar-refractivity contribution in [2.24, 2.45) is 5.92 Å². The number of nitrogens with zero attached hydrogens (tertiary/aromatic N) is 3. The molecule has 1 aromatic carbocycles. The normalized spacial score (nSPS) is 22.7. The number of hydrogen-bond acceptors (Lipinski definition) is 6. The topological polar surface area (TPSA) is 57.7 Å². The first-order valence-electron chi connectivity index (χ1n) is 10.8. The van der Waals surface area contributed by atoms with E-state index in [0.29, 0.717) is 5.92 Å². The summed E-state index contributed by atoms with van der Waals surface area (Å²) in [7, 11) is 0. The summed E-state index contributed by atoms with van der Waals surface area (Å²) in [5.41, 5.74) is -0.448. The van der Waals surface area contributed by atoms with Gasteiger partial charge in [-0.3, -0.25) is 4.90 Å². The fourth-order valence-electron chi connectivity index (χ4n) is 4.24. The molecular formula is C22H31FN4O2S. The Morgan fingerprint density at radius 1 is 1.27 bits per heavy atom. The summed E-state index contributed by atoms with van der Waals surface area (Å²) >= 11 is 1.37. The first kappa shape index (κ1) is 21.3. The van der Waals surface area contributed by atoms with E-state index in [0.717, 1.165) is 61.5 Å². The molecular weight excluding hydrogens is 403 g/mol. The molecule has 1 amide bonds. The van der Waals surface area contributed by atoms with Crippen molar-refractivity contribution in [2.45, 2.75) is 51.7 Å². The number of benzene rings is 1. The Morgan fingerprint density at radius 3 is 2.70 bits per heavy atom. The lowest BCUT2D eigenvalue weighted by Crippen LogP contribution is -2.49. The lowest BCUT2D eigenvalue weighted by atomic mass is 9.78. The van der Waals surface area contributed by atoms with Crippen molar-refractivity contribution < 1.29 is 13.9 Å². The lowest BCUT2D eigenvalue weighted by molar-refractivity contribution is 0.0444. The van der Waals surface area contributed by atoms with Gasteiger partial charge in [-0.2, -0.15) is 4.37 Å². The van der Waals surface area contributed by atoms with Crippen LogP contribution in [0.1, 0.15) is 40.0 Å². The molecule has 8 heteroatoms. The summed E-state index contributed by atoms with van der Waals surface area (Å²) in [5.74, 6) is 1.46. The van der Waals surface area contributed by atoms with Gasteiger partial charge < -0.3 is 15.0 Å². The second-order valence-electron chi connectivity index (χ2n) is 9.44. The van der Waals surface area contributed by atoms with E-state index >= 15 is 0 Å². The summed E-state index contributed by atoms with van der Waals surface area (Å²) in [6, 6.07) is 5.18. The van der Waals surface area contributed by atoms with Crippen molar-refractivity contribution >= 4 is 33.5 Å². The maximum Gasteiger partial charge on any atom is 0.407 e. The van der Waals surface area contributed by atoms with Gasteiger partial charge in [0.05, 0.1) is 4.70 Å². The molecule has 0 atom stereocenters. The van der Waals surface area contributed by atoms with Crippen LogP contribution in [0.4, 0.5) is 15.0 Å². The van der Waals surface area contributed by atoms with Crippen LogP contribution in [0, 0.1) is 11.7 Å². The molecule has 2 heterocycles. The number of aromatic nitrogens is 1. The number of ether oxygens (including phenoxy) is 1. The standard InChI is InChI=1S/C22H31FN4O2S/c1-22(2,3)29-21(28)24-17-12-15(13-17)6-7-26-8-10-27(11-9-26)20-18-5-4-16(23)14-19(18)30-25-20/h4-5,14-15,17H,6-13H2,1-3H3,(H,24,28). The van der Waals surface area contributed by atoms with Gasteiger partial charge in [0.15, 0.2) is 0 Å². The van der Waals surface area contributed by atoms with Crippen molar-refractivity contribution in [3.05, 3.63) is 24.0 Å². The van der Waals surface area contributed by atoms with Crippen molar-refractivity contribution in [3.8, 4) is 0 Å². The highest BCUT2D eigenvalue weighted by Crippen LogP contribution is 2.32. The Kier molecular flexibility index (Phi) is 6.16. The molecule has 0 bridgehead atoms. The Bertz CT molecular complexity index is 883. The van der Waals surface area contributed by atoms with E-state index in [1.165, 1.54) is 24.0 Å². The summed E-state index contributed by atoms with van der Waals surface area (Å²) in [6.07, 6.45) is 2.95. The van der Waals surface area contributed by atoms with Gasteiger partial charge in [-0.15, -0.1) is 0 Å². The van der Waals surface area contributed by atoms with Crippen LogP contribution >= 0.6 is 11.5 Å².